The second kappa shape index (κ2) is 8.24. The molecule has 1 aromatic rings. The van der Waals surface area contributed by atoms with E-state index in [1.165, 1.54) is 11.3 Å². The van der Waals surface area contributed by atoms with Crippen LogP contribution in [0.2, 0.25) is 0 Å². The smallest absolute Gasteiger partial charge is 0.245 e. The standard InChI is InChI=1S/C15H23N3O3S/c1-11(2)8-14(20)18(9-12-4-3-6-21-12)10-13(19)17-15-16-5-7-22-15/h5,7,11-12H,3-4,6,8-10H2,1-2H3,(H,16,17,19)/t12-/m0/s1. The van der Waals surface area contributed by atoms with Gasteiger partial charge in [-0.1, -0.05) is 13.8 Å². The average Bonchev–Trinajstić information content (AvgIpc) is 3.10. The van der Waals surface area contributed by atoms with Crippen LogP contribution in [0.25, 0.3) is 0 Å². The Kier molecular flexibility index (Phi) is 6.33. The summed E-state index contributed by atoms with van der Waals surface area (Å²) in [5.74, 6) is 0.0476. The lowest BCUT2D eigenvalue weighted by atomic mass is 10.1. The van der Waals surface area contributed by atoms with Crippen LogP contribution >= 0.6 is 11.3 Å². The first-order valence-electron chi connectivity index (χ1n) is 7.63. The largest absolute Gasteiger partial charge is 0.376 e. The number of amides is 2. The van der Waals surface area contributed by atoms with E-state index in [1.807, 2.05) is 13.8 Å². The lowest BCUT2D eigenvalue weighted by Gasteiger charge is -2.25. The minimum Gasteiger partial charge on any atom is -0.376 e. The Labute approximate surface area is 134 Å². The van der Waals surface area contributed by atoms with Crippen LogP contribution in [-0.4, -0.2) is 47.5 Å². The number of nitrogens with zero attached hydrogens (tertiary/aromatic N) is 2. The van der Waals surface area contributed by atoms with E-state index in [1.54, 1.807) is 16.5 Å². The fourth-order valence-corrected chi connectivity index (χ4v) is 2.93. The molecule has 2 heterocycles. The van der Waals surface area contributed by atoms with Gasteiger partial charge in [-0.25, -0.2) is 4.98 Å². The van der Waals surface area contributed by atoms with Gasteiger partial charge < -0.3 is 15.0 Å². The number of nitrogens with one attached hydrogen (secondary N) is 1. The molecule has 22 heavy (non-hydrogen) atoms. The van der Waals surface area contributed by atoms with Crippen molar-refractivity contribution in [3.63, 3.8) is 0 Å². The summed E-state index contributed by atoms with van der Waals surface area (Å²) in [4.78, 5) is 30.1. The van der Waals surface area contributed by atoms with Crippen LogP contribution in [0.15, 0.2) is 11.6 Å². The van der Waals surface area contributed by atoms with Crippen molar-refractivity contribution in [3.05, 3.63) is 11.6 Å². The zero-order valence-corrected chi connectivity index (χ0v) is 13.9. The van der Waals surface area contributed by atoms with Gasteiger partial charge in [0.1, 0.15) is 6.54 Å². The van der Waals surface area contributed by atoms with Gasteiger partial charge in [0, 0.05) is 31.1 Å². The molecule has 7 heteroatoms. The van der Waals surface area contributed by atoms with Crippen LogP contribution in [0.1, 0.15) is 33.1 Å². The van der Waals surface area contributed by atoms with E-state index in [0.717, 1.165) is 19.4 Å². The molecule has 1 aliphatic rings. The summed E-state index contributed by atoms with van der Waals surface area (Å²) in [6.07, 6.45) is 4.08. The van der Waals surface area contributed by atoms with Crippen LogP contribution in [0.4, 0.5) is 5.13 Å². The highest BCUT2D eigenvalue weighted by Gasteiger charge is 2.24. The minimum absolute atomic E-state index is 0.000196. The fraction of sp³-hybridized carbons (Fsp3) is 0.667. The number of hydrogen-bond donors (Lipinski definition) is 1. The number of carbonyl (C=O) groups is 2. The van der Waals surface area contributed by atoms with Crippen molar-refractivity contribution in [1.82, 2.24) is 9.88 Å². The third-order valence-corrected chi connectivity index (χ3v) is 4.09. The zero-order valence-electron chi connectivity index (χ0n) is 13.1. The van der Waals surface area contributed by atoms with Crippen molar-refractivity contribution in [2.24, 2.45) is 5.92 Å². The fourth-order valence-electron chi connectivity index (χ4n) is 2.38. The van der Waals surface area contributed by atoms with E-state index < -0.39 is 0 Å². The monoisotopic (exact) mass is 325 g/mol. The lowest BCUT2D eigenvalue weighted by molar-refractivity contribution is -0.136. The molecule has 6 nitrogen and oxygen atoms in total. The predicted molar refractivity (Wildman–Crippen MR) is 85.8 cm³/mol. The summed E-state index contributed by atoms with van der Waals surface area (Å²) in [5, 5.41) is 5.07. The lowest BCUT2D eigenvalue weighted by Crippen LogP contribution is -2.42. The first-order chi connectivity index (χ1) is 10.5. The highest BCUT2D eigenvalue weighted by Crippen LogP contribution is 2.15. The molecular formula is C15H23N3O3S. The van der Waals surface area contributed by atoms with E-state index >= 15 is 0 Å². The Morgan fingerprint density at radius 1 is 1.55 bits per heavy atom. The topological polar surface area (TPSA) is 71.5 Å². The Morgan fingerprint density at radius 2 is 2.36 bits per heavy atom. The number of rotatable bonds is 7. The molecule has 0 aromatic carbocycles. The molecule has 2 rings (SSSR count). The summed E-state index contributed by atoms with van der Waals surface area (Å²) in [6.45, 7) is 5.26. The number of ether oxygens (including phenoxy) is 1. The van der Waals surface area contributed by atoms with E-state index in [0.29, 0.717) is 18.1 Å². The Balaban J connectivity index is 1.92. The number of hydrogen-bond acceptors (Lipinski definition) is 5. The van der Waals surface area contributed by atoms with Gasteiger partial charge >= 0.3 is 0 Å². The van der Waals surface area contributed by atoms with Gasteiger partial charge in [-0.3, -0.25) is 9.59 Å². The maximum absolute atomic E-state index is 12.4. The molecule has 0 saturated carbocycles. The maximum Gasteiger partial charge on any atom is 0.245 e. The summed E-state index contributed by atoms with van der Waals surface area (Å²) in [5.41, 5.74) is 0. The molecule has 0 bridgehead atoms. The molecule has 0 radical (unpaired) electrons. The average molecular weight is 325 g/mol. The first kappa shape index (κ1) is 16.9. The highest BCUT2D eigenvalue weighted by molar-refractivity contribution is 7.13. The van der Waals surface area contributed by atoms with Gasteiger partial charge in [0.15, 0.2) is 5.13 Å². The summed E-state index contributed by atoms with van der Waals surface area (Å²) in [7, 11) is 0. The second-order valence-electron chi connectivity index (χ2n) is 5.89. The van der Waals surface area contributed by atoms with Crippen molar-refractivity contribution >= 4 is 28.3 Å². The van der Waals surface area contributed by atoms with E-state index in [-0.39, 0.29) is 30.4 Å². The van der Waals surface area contributed by atoms with E-state index in [4.69, 9.17) is 4.74 Å². The molecular weight excluding hydrogens is 302 g/mol. The SMILES string of the molecule is CC(C)CC(=O)N(CC(=O)Nc1nccs1)C[C@@H]1CCCO1. The molecule has 1 fully saturated rings. The van der Waals surface area contributed by atoms with E-state index in [2.05, 4.69) is 10.3 Å². The third-order valence-electron chi connectivity index (χ3n) is 3.40. The van der Waals surface area contributed by atoms with Gasteiger partial charge in [0.25, 0.3) is 0 Å². The van der Waals surface area contributed by atoms with Crippen molar-refractivity contribution in [3.8, 4) is 0 Å². The Hall–Kier alpha value is -1.47. The molecule has 1 aliphatic heterocycles. The summed E-state index contributed by atoms with van der Waals surface area (Å²) < 4.78 is 5.59. The maximum atomic E-state index is 12.4. The third kappa shape index (κ3) is 5.38. The molecule has 1 aromatic heterocycles. The number of thiazole rings is 1. The first-order valence-corrected chi connectivity index (χ1v) is 8.51. The highest BCUT2D eigenvalue weighted by atomic mass is 32.1. The van der Waals surface area contributed by atoms with Crippen molar-refractivity contribution < 1.29 is 14.3 Å². The predicted octanol–water partition coefficient (Wildman–Crippen LogP) is 2.14. The van der Waals surface area contributed by atoms with Crippen molar-refractivity contribution in [2.75, 3.05) is 25.0 Å². The molecule has 0 aliphatic carbocycles. The second-order valence-corrected chi connectivity index (χ2v) is 6.79. The number of anilines is 1. The Bertz CT molecular complexity index is 484. The van der Waals surface area contributed by atoms with Crippen molar-refractivity contribution in [1.29, 1.82) is 0 Å². The van der Waals surface area contributed by atoms with Gasteiger partial charge in [-0.15, -0.1) is 11.3 Å². The summed E-state index contributed by atoms with van der Waals surface area (Å²) >= 11 is 1.36. The van der Waals surface area contributed by atoms with Gasteiger partial charge in [0.2, 0.25) is 11.8 Å². The van der Waals surface area contributed by atoms with Crippen LogP contribution in [0, 0.1) is 5.92 Å². The van der Waals surface area contributed by atoms with Gasteiger partial charge in [-0.2, -0.15) is 0 Å². The quantitative estimate of drug-likeness (QED) is 0.833. The zero-order chi connectivity index (χ0) is 15.9. The van der Waals surface area contributed by atoms with Crippen molar-refractivity contribution in [2.45, 2.75) is 39.2 Å². The van der Waals surface area contributed by atoms with Gasteiger partial charge in [-0.05, 0) is 18.8 Å². The molecule has 1 saturated heterocycles. The van der Waals surface area contributed by atoms with Crippen LogP contribution in [-0.2, 0) is 14.3 Å². The van der Waals surface area contributed by atoms with Crippen LogP contribution in [0.3, 0.4) is 0 Å². The van der Waals surface area contributed by atoms with E-state index in [9.17, 15) is 9.59 Å². The number of aromatic nitrogens is 1. The Morgan fingerprint density at radius 3 is 2.95 bits per heavy atom. The molecule has 0 spiro atoms. The van der Waals surface area contributed by atoms with Crippen LogP contribution in [0.5, 0.6) is 0 Å². The molecule has 2 amide bonds. The number of carbonyl (C=O) groups excluding carboxylic acids is 2. The molecule has 1 N–H and O–H groups in total. The molecule has 1 atom stereocenters. The normalized spacial score (nSPS) is 17.7. The van der Waals surface area contributed by atoms with Crippen LogP contribution < -0.4 is 5.32 Å². The molecule has 0 unspecified atom stereocenters. The minimum atomic E-state index is -0.218. The molecule has 122 valence electrons. The summed E-state index contributed by atoms with van der Waals surface area (Å²) in [6, 6.07) is 0. The van der Waals surface area contributed by atoms with Gasteiger partial charge in [0.05, 0.1) is 6.10 Å².